The molecular weight excluding hydrogens is 304 g/mol. The largest absolute Gasteiger partial charge is 0.356 e. The molecule has 0 aliphatic rings. The van der Waals surface area contributed by atoms with Crippen molar-refractivity contribution in [1.29, 1.82) is 0 Å². The molecule has 24 heavy (non-hydrogen) atoms. The van der Waals surface area contributed by atoms with Gasteiger partial charge >= 0.3 is 6.03 Å². The molecule has 0 bridgehead atoms. The SMILES string of the molecule is CCCN(CCC)CCNC(=O)NCc1noc2ccc(C)cc12. The molecule has 0 radical (unpaired) electrons. The lowest BCUT2D eigenvalue weighted by Crippen LogP contribution is -2.40. The second-order valence-corrected chi connectivity index (χ2v) is 6.08. The van der Waals surface area contributed by atoms with E-state index in [1.165, 1.54) is 0 Å². The van der Waals surface area contributed by atoms with Crippen molar-refractivity contribution in [2.24, 2.45) is 0 Å². The van der Waals surface area contributed by atoms with Crippen LogP contribution in [0.3, 0.4) is 0 Å². The van der Waals surface area contributed by atoms with Crippen LogP contribution in [-0.4, -0.2) is 42.3 Å². The van der Waals surface area contributed by atoms with Gasteiger partial charge in [-0.2, -0.15) is 0 Å². The van der Waals surface area contributed by atoms with Gasteiger partial charge in [0.1, 0.15) is 5.69 Å². The Balaban J connectivity index is 1.77. The fourth-order valence-electron chi connectivity index (χ4n) is 2.75. The third-order valence-electron chi connectivity index (χ3n) is 3.91. The zero-order chi connectivity index (χ0) is 17.4. The normalized spacial score (nSPS) is 11.2. The second kappa shape index (κ2) is 9.27. The van der Waals surface area contributed by atoms with Crippen molar-refractivity contribution in [3.8, 4) is 0 Å². The van der Waals surface area contributed by atoms with Gasteiger partial charge in [0, 0.05) is 18.5 Å². The van der Waals surface area contributed by atoms with E-state index in [1.807, 2.05) is 25.1 Å². The summed E-state index contributed by atoms with van der Waals surface area (Å²) in [4.78, 5) is 14.3. The van der Waals surface area contributed by atoms with Gasteiger partial charge in [-0.25, -0.2) is 4.79 Å². The molecule has 0 aliphatic carbocycles. The lowest BCUT2D eigenvalue weighted by atomic mass is 10.1. The number of hydrogen-bond acceptors (Lipinski definition) is 4. The highest BCUT2D eigenvalue weighted by Crippen LogP contribution is 2.19. The maximum atomic E-state index is 11.9. The van der Waals surface area contributed by atoms with Gasteiger partial charge in [-0.05, 0) is 45.0 Å². The first kappa shape index (κ1) is 18.3. The predicted molar refractivity (Wildman–Crippen MR) is 96.0 cm³/mol. The monoisotopic (exact) mass is 332 g/mol. The van der Waals surface area contributed by atoms with E-state index >= 15 is 0 Å². The molecule has 1 aromatic carbocycles. The topological polar surface area (TPSA) is 70.4 Å². The Hall–Kier alpha value is -2.08. The number of carbonyl (C=O) groups is 1. The summed E-state index contributed by atoms with van der Waals surface area (Å²) in [6, 6.07) is 5.73. The minimum atomic E-state index is -0.174. The zero-order valence-corrected chi connectivity index (χ0v) is 14.9. The third-order valence-corrected chi connectivity index (χ3v) is 3.91. The van der Waals surface area contributed by atoms with Gasteiger partial charge < -0.3 is 20.1 Å². The standard InChI is InChI=1S/C18H28N4O2/c1-4-9-22(10-5-2)11-8-19-18(23)20-13-16-15-12-14(3)6-7-17(15)24-21-16/h6-7,12H,4-5,8-11,13H2,1-3H3,(H2,19,20,23). The molecule has 1 heterocycles. The fraction of sp³-hybridized carbons (Fsp3) is 0.556. The first-order valence-electron chi connectivity index (χ1n) is 8.73. The molecule has 2 N–H and O–H groups in total. The Morgan fingerprint density at radius 2 is 1.92 bits per heavy atom. The first-order valence-corrected chi connectivity index (χ1v) is 8.73. The fourth-order valence-corrected chi connectivity index (χ4v) is 2.75. The van der Waals surface area contributed by atoms with Crippen molar-refractivity contribution in [1.82, 2.24) is 20.7 Å². The Bertz CT molecular complexity index is 648. The van der Waals surface area contributed by atoms with Crippen molar-refractivity contribution in [2.75, 3.05) is 26.2 Å². The summed E-state index contributed by atoms with van der Waals surface area (Å²) in [6.07, 6.45) is 2.26. The Morgan fingerprint density at radius 1 is 1.17 bits per heavy atom. The van der Waals surface area contributed by atoms with Crippen molar-refractivity contribution in [3.05, 3.63) is 29.5 Å². The first-order chi connectivity index (χ1) is 11.6. The predicted octanol–water partition coefficient (Wildman–Crippen LogP) is 3.06. The quantitative estimate of drug-likeness (QED) is 0.740. The van der Waals surface area contributed by atoms with E-state index in [4.69, 9.17) is 4.52 Å². The molecule has 6 nitrogen and oxygen atoms in total. The number of aromatic nitrogens is 1. The number of benzene rings is 1. The van der Waals surface area contributed by atoms with Crippen LogP contribution in [0, 0.1) is 6.92 Å². The van der Waals surface area contributed by atoms with E-state index in [2.05, 4.69) is 34.5 Å². The van der Waals surface area contributed by atoms with Gasteiger partial charge in [-0.15, -0.1) is 0 Å². The summed E-state index contributed by atoms with van der Waals surface area (Å²) >= 11 is 0. The van der Waals surface area contributed by atoms with Crippen LogP contribution >= 0.6 is 0 Å². The highest BCUT2D eigenvalue weighted by Gasteiger charge is 2.10. The lowest BCUT2D eigenvalue weighted by molar-refractivity contribution is 0.234. The van der Waals surface area contributed by atoms with Crippen LogP contribution in [0.5, 0.6) is 0 Å². The van der Waals surface area contributed by atoms with Crippen LogP contribution in [-0.2, 0) is 6.54 Å². The highest BCUT2D eigenvalue weighted by molar-refractivity contribution is 5.81. The molecule has 0 saturated carbocycles. The molecule has 0 fully saturated rings. The number of rotatable bonds is 9. The molecule has 1 aromatic heterocycles. The number of hydrogen-bond donors (Lipinski definition) is 2. The number of carbonyl (C=O) groups excluding carboxylic acids is 1. The van der Waals surface area contributed by atoms with Gasteiger partial charge in [-0.1, -0.05) is 30.6 Å². The number of urea groups is 1. The number of nitrogens with one attached hydrogen (secondary N) is 2. The molecule has 6 heteroatoms. The maximum Gasteiger partial charge on any atom is 0.315 e. The minimum absolute atomic E-state index is 0.174. The van der Waals surface area contributed by atoms with Crippen LogP contribution < -0.4 is 10.6 Å². The van der Waals surface area contributed by atoms with Crippen LogP contribution in [0.4, 0.5) is 4.79 Å². The number of nitrogens with zero attached hydrogens (tertiary/aromatic N) is 2. The third kappa shape index (κ3) is 5.23. The molecule has 0 saturated heterocycles. The van der Waals surface area contributed by atoms with E-state index < -0.39 is 0 Å². The summed E-state index contributed by atoms with van der Waals surface area (Å²) in [5, 5.41) is 10.7. The lowest BCUT2D eigenvalue weighted by Gasteiger charge is -2.20. The molecule has 2 aromatic rings. The summed E-state index contributed by atoms with van der Waals surface area (Å²) in [5.41, 5.74) is 2.64. The van der Waals surface area contributed by atoms with Gasteiger partial charge in [0.05, 0.1) is 6.54 Å². The van der Waals surface area contributed by atoms with E-state index in [0.717, 1.165) is 54.7 Å². The van der Waals surface area contributed by atoms with Gasteiger partial charge in [-0.3, -0.25) is 0 Å². The average molecular weight is 332 g/mol. The van der Waals surface area contributed by atoms with Crippen molar-refractivity contribution in [3.63, 3.8) is 0 Å². The number of amides is 2. The van der Waals surface area contributed by atoms with Crippen molar-refractivity contribution >= 4 is 17.0 Å². The molecule has 0 spiro atoms. The summed E-state index contributed by atoms with van der Waals surface area (Å²) < 4.78 is 5.27. The Kier molecular flexibility index (Phi) is 7.06. The number of aryl methyl sites for hydroxylation is 1. The van der Waals surface area contributed by atoms with Crippen molar-refractivity contribution in [2.45, 2.75) is 40.2 Å². The smallest absolute Gasteiger partial charge is 0.315 e. The molecule has 2 rings (SSSR count). The van der Waals surface area contributed by atoms with Crippen LogP contribution in [0.1, 0.15) is 37.9 Å². The van der Waals surface area contributed by atoms with E-state index in [1.54, 1.807) is 0 Å². The summed E-state index contributed by atoms with van der Waals surface area (Å²) in [6.45, 7) is 10.4. The van der Waals surface area contributed by atoms with Gasteiger partial charge in [0.15, 0.2) is 5.58 Å². The zero-order valence-electron chi connectivity index (χ0n) is 14.9. The maximum absolute atomic E-state index is 11.9. The van der Waals surface area contributed by atoms with Gasteiger partial charge in [0.25, 0.3) is 0 Å². The van der Waals surface area contributed by atoms with E-state index in [-0.39, 0.29) is 6.03 Å². The molecule has 0 atom stereocenters. The number of fused-ring (bicyclic) bond motifs is 1. The van der Waals surface area contributed by atoms with Gasteiger partial charge in [0.2, 0.25) is 0 Å². The highest BCUT2D eigenvalue weighted by atomic mass is 16.5. The average Bonchev–Trinajstić information content (AvgIpc) is 2.95. The molecule has 0 unspecified atom stereocenters. The Morgan fingerprint density at radius 3 is 2.62 bits per heavy atom. The Labute approximate surface area is 143 Å². The van der Waals surface area contributed by atoms with E-state index in [9.17, 15) is 4.79 Å². The second-order valence-electron chi connectivity index (χ2n) is 6.08. The van der Waals surface area contributed by atoms with Crippen LogP contribution in [0.2, 0.25) is 0 Å². The van der Waals surface area contributed by atoms with Crippen molar-refractivity contribution < 1.29 is 9.32 Å². The summed E-state index contributed by atoms with van der Waals surface area (Å²) in [7, 11) is 0. The van der Waals surface area contributed by atoms with Crippen LogP contribution in [0.25, 0.3) is 11.0 Å². The van der Waals surface area contributed by atoms with Crippen LogP contribution in [0.15, 0.2) is 22.7 Å². The molecule has 132 valence electrons. The molecule has 2 amide bonds. The molecular formula is C18H28N4O2. The summed E-state index contributed by atoms with van der Waals surface area (Å²) in [5.74, 6) is 0. The molecule has 0 aliphatic heterocycles. The van der Waals surface area contributed by atoms with E-state index in [0.29, 0.717) is 13.1 Å². The minimum Gasteiger partial charge on any atom is -0.356 e.